The van der Waals surface area contributed by atoms with Gasteiger partial charge in [0.1, 0.15) is 0 Å². The lowest BCUT2D eigenvalue weighted by molar-refractivity contribution is -0.143. The molecule has 2 aliphatic rings. The molecule has 1 heterocycles. The van der Waals surface area contributed by atoms with Crippen molar-refractivity contribution in [1.82, 2.24) is 10.2 Å². The summed E-state index contributed by atoms with van der Waals surface area (Å²) < 4.78 is 0. The van der Waals surface area contributed by atoms with E-state index < -0.39 is 12.1 Å². The van der Waals surface area contributed by atoms with Crippen molar-refractivity contribution in [2.75, 3.05) is 13.1 Å². The molecule has 3 unspecified atom stereocenters. The molecule has 1 aliphatic carbocycles. The molecular formula is C12H20N2O4. The molecule has 0 radical (unpaired) electrons. The molecule has 3 atom stereocenters. The second kappa shape index (κ2) is 5.56. The fraction of sp³-hybridized carbons (Fsp3) is 0.833. The lowest BCUT2D eigenvalue weighted by Gasteiger charge is -2.29. The number of hydrogen-bond donors (Lipinski definition) is 3. The van der Waals surface area contributed by atoms with E-state index >= 15 is 0 Å². The summed E-state index contributed by atoms with van der Waals surface area (Å²) in [5, 5.41) is 21.2. The SMILES string of the molecule is O=C(O)C1CCCC(NC(=O)N2CCC(O)C2)C1. The minimum Gasteiger partial charge on any atom is -0.481 e. The first kappa shape index (κ1) is 13.1. The van der Waals surface area contributed by atoms with Gasteiger partial charge in [0, 0.05) is 19.1 Å². The number of carbonyl (C=O) groups is 2. The van der Waals surface area contributed by atoms with Gasteiger partial charge >= 0.3 is 12.0 Å². The van der Waals surface area contributed by atoms with Crippen LogP contribution in [-0.4, -0.2) is 52.3 Å². The molecular weight excluding hydrogens is 236 g/mol. The van der Waals surface area contributed by atoms with Crippen LogP contribution in [0.5, 0.6) is 0 Å². The van der Waals surface area contributed by atoms with Crippen LogP contribution in [0.15, 0.2) is 0 Å². The molecule has 102 valence electrons. The number of likely N-dealkylation sites (tertiary alicyclic amines) is 1. The number of carboxylic acid groups (broad SMARTS) is 1. The van der Waals surface area contributed by atoms with E-state index in [-0.39, 0.29) is 18.0 Å². The molecule has 6 nitrogen and oxygen atoms in total. The molecule has 18 heavy (non-hydrogen) atoms. The maximum absolute atomic E-state index is 11.9. The first-order chi connectivity index (χ1) is 8.56. The second-order valence-corrected chi connectivity index (χ2v) is 5.24. The van der Waals surface area contributed by atoms with Crippen LogP contribution < -0.4 is 5.32 Å². The minimum atomic E-state index is -0.773. The predicted octanol–water partition coefficient (Wildman–Crippen LogP) is 0.406. The summed E-state index contributed by atoms with van der Waals surface area (Å²) in [6, 6.07) is -0.229. The van der Waals surface area contributed by atoms with Crippen molar-refractivity contribution < 1.29 is 19.8 Å². The van der Waals surface area contributed by atoms with Crippen LogP contribution in [0.2, 0.25) is 0 Å². The van der Waals surface area contributed by atoms with Gasteiger partial charge < -0.3 is 20.4 Å². The van der Waals surface area contributed by atoms with Crippen molar-refractivity contribution >= 4 is 12.0 Å². The zero-order chi connectivity index (χ0) is 13.1. The number of hydrogen-bond acceptors (Lipinski definition) is 3. The van der Waals surface area contributed by atoms with Crippen LogP contribution >= 0.6 is 0 Å². The Balaban J connectivity index is 1.81. The number of aliphatic hydroxyl groups is 1. The molecule has 1 saturated carbocycles. The number of aliphatic hydroxyl groups excluding tert-OH is 1. The molecule has 3 N–H and O–H groups in total. The Kier molecular flexibility index (Phi) is 4.06. The summed E-state index contributed by atoms with van der Waals surface area (Å²) in [7, 11) is 0. The molecule has 1 saturated heterocycles. The number of carboxylic acids is 1. The van der Waals surface area contributed by atoms with Gasteiger partial charge in [0.05, 0.1) is 12.0 Å². The predicted molar refractivity (Wildman–Crippen MR) is 64.1 cm³/mol. The van der Waals surface area contributed by atoms with Gasteiger partial charge in [0.2, 0.25) is 0 Å². The normalized spacial score (nSPS) is 32.3. The van der Waals surface area contributed by atoms with Gasteiger partial charge in [0.25, 0.3) is 0 Å². The summed E-state index contributed by atoms with van der Waals surface area (Å²) in [5.74, 6) is -1.11. The van der Waals surface area contributed by atoms with Crippen molar-refractivity contribution in [3.63, 3.8) is 0 Å². The number of carbonyl (C=O) groups excluding carboxylic acids is 1. The van der Waals surface area contributed by atoms with E-state index in [1.165, 1.54) is 0 Å². The van der Waals surface area contributed by atoms with E-state index in [1.54, 1.807) is 4.90 Å². The standard InChI is InChI=1S/C12H20N2O4/c15-10-4-5-14(7-10)12(18)13-9-3-1-2-8(6-9)11(16)17/h8-10,15H,1-7H2,(H,13,18)(H,16,17). The highest BCUT2D eigenvalue weighted by Gasteiger charge is 2.30. The molecule has 2 fully saturated rings. The Labute approximate surface area is 106 Å². The summed E-state index contributed by atoms with van der Waals surface area (Å²) >= 11 is 0. The number of nitrogens with zero attached hydrogens (tertiary/aromatic N) is 1. The first-order valence-corrected chi connectivity index (χ1v) is 6.52. The Morgan fingerprint density at radius 1 is 1.22 bits per heavy atom. The fourth-order valence-corrected chi connectivity index (χ4v) is 2.74. The molecule has 0 aromatic rings. The first-order valence-electron chi connectivity index (χ1n) is 6.52. The lowest BCUT2D eigenvalue weighted by Crippen LogP contribution is -2.46. The maximum Gasteiger partial charge on any atom is 0.317 e. The largest absolute Gasteiger partial charge is 0.481 e. The van der Waals surface area contributed by atoms with Gasteiger partial charge in [-0.2, -0.15) is 0 Å². The van der Waals surface area contributed by atoms with Gasteiger partial charge in [-0.3, -0.25) is 4.79 Å². The van der Waals surface area contributed by atoms with E-state index in [0.29, 0.717) is 32.4 Å². The molecule has 0 spiro atoms. The van der Waals surface area contributed by atoms with Crippen molar-refractivity contribution in [3.8, 4) is 0 Å². The van der Waals surface area contributed by atoms with E-state index in [9.17, 15) is 14.7 Å². The smallest absolute Gasteiger partial charge is 0.317 e. The van der Waals surface area contributed by atoms with Crippen molar-refractivity contribution in [2.24, 2.45) is 5.92 Å². The van der Waals surface area contributed by atoms with Gasteiger partial charge in [-0.25, -0.2) is 4.79 Å². The number of amides is 2. The van der Waals surface area contributed by atoms with Crippen LogP contribution in [0.4, 0.5) is 4.79 Å². The molecule has 0 aromatic heterocycles. The van der Waals surface area contributed by atoms with Crippen molar-refractivity contribution in [1.29, 1.82) is 0 Å². The van der Waals surface area contributed by atoms with Crippen LogP contribution in [0.3, 0.4) is 0 Å². The third-order valence-corrected chi connectivity index (χ3v) is 3.80. The van der Waals surface area contributed by atoms with Crippen LogP contribution in [0.25, 0.3) is 0 Å². The quantitative estimate of drug-likeness (QED) is 0.667. The molecule has 2 rings (SSSR count). The highest BCUT2D eigenvalue weighted by molar-refractivity contribution is 5.75. The maximum atomic E-state index is 11.9. The third-order valence-electron chi connectivity index (χ3n) is 3.80. The van der Waals surface area contributed by atoms with E-state index in [2.05, 4.69) is 5.32 Å². The Hall–Kier alpha value is -1.30. The number of urea groups is 1. The van der Waals surface area contributed by atoms with Gasteiger partial charge in [-0.15, -0.1) is 0 Å². The van der Waals surface area contributed by atoms with Gasteiger partial charge in [0.15, 0.2) is 0 Å². The third kappa shape index (κ3) is 3.13. The average molecular weight is 256 g/mol. The zero-order valence-corrected chi connectivity index (χ0v) is 10.3. The summed E-state index contributed by atoms with van der Waals surface area (Å²) in [6.07, 6.45) is 3.09. The molecule has 0 aromatic carbocycles. The Morgan fingerprint density at radius 2 is 2.00 bits per heavy atom. The number of β-amino-alcohol motifs (C(OH)–C–C–N with tert-alkyl or cyclic N) is 1. The van der Waals surface area contributed by atoms with Crippen molar-refractivity contribution in [3.05, 3.63) is 0 Å². The van der Waals surface area contributed by atoms with E-state index in [4.69, 9.17) is 5.11 Å². The number of nitrogens with one attached hydrogen (secondary N) is 1. The van der Waals surface area contributed by atoms with Gasteiger partial charge in [-0.05, 0) is 25.7 Å². The fourth-order valence-electron chi connectivity index (χ4n) is 2.74. The van der Waals surface area contributed by atoms with E-state index in [0.717, 1.165) is 12.8 Å². The summed E-state index contributed by atoms with van der Waals surface area (Å²) in [6.45, 7) is 0.947. The highest BCUT2D eigenvalue weighted by atomic mass is 16.4. The summed E-state index contributed by atoms with van der Waals surface area (Å²) in [5.41, 5.74) is 0. The molecule has 1 aliphatic heterocycles. The van der Waals surface area contributed by atoms with Crippen molar-refractivity contribution in [2.45, 2.75) is 44.2 Å². The number of aliphatic carboxylic acids is 1. The topological polar surface area (TPSA) is 89.9 Å². The highest BCUT2D eigenvalue weighted by Crippen LogP contribution is 2.24. The Morgan fingerprint density at radius 3 is 2.61 bits per heavy atom. The van der Waals surface area contributed by atoms with Crippen LogP contribution in [-0.2, 0) is 4.79 Å². The second-order valence-electron chi connectivity index (χ2n) is 5.24. The lowest BCUT2D eigenvalue weighted by atomic mass is 9.86. The summed E-state index contributed by atoms with van der Waals surface area (Å²) in [4.78, 5) is 24.4. The Bertz CT molecular complexity index is 334. The van der Waals surface area contributed by atoms with E-state index in [1.807, 2.05) is 0 Å². The minimum absolute atomic E-state index is 0.0508. The monoisotopic (exact) mass is 256 g/mol. The van der Waals surface area contributed by atoms with Crippen LogP contribution in [0.1, 0.15) is 32.1 Å². The van der Waals surface area contributed by atoms with Crippen LogP contribution in [0, 0.1) is 5.92 Å². The molecule has 2 amide bonds. The zero-order valence-electron chi connectivity index (χ0n) is 10.3. The molecule has 6 heteroatoms. The van der Waals surface area contributed by atoms with Gasteiger partial charge in [-0.1, -0.05) is 6.42 Å². The number of rotatable bonds is 2. The average Bonchev–Trinajstić information content (AvgIpc) is 2.76. The molecule has 0 bridgehead atoms.